The van der Waals surface area contributed by atoms with Crippen LogP contribution in [0.2, 0.25) is 5.02 Å². The van der Waals surface area contributed by atoms with Crippen LogP contribution >= 0.6 is 23.4 Å². The van der Waals surface area contributed by atoms with Crippen LogP contribution in [0.4, 0.5) is 0 Å². The van der Waals surface area contributed by atoms with Crippen LogP contribution in [0.25, 0.3) is 0 Å². The molecule has 0 bridgehead atoms. The number of fused-ring (bicyclic) bond motifs is 1. The van der Waals surface area contributed by atoms with Gasteiger partial charge in [0.2, 0.25) is 0 Å². The number of halogens is 1. The Kier molecular flexibility index (Phi) is 6.90. The molecule has 0 saturated carbocycles. The maximum Gasteiger partial charge on any atom is 0.164 e. The first kappa shape index (κ1) is 20.7. The number of ether oxygens (including phenoxy) is 1. The van der Waals surface area contributed by atoms with Crippen molar-refractivity contribution in [3.8, 4) is 0 Å². The normalized spacial score (nSPS) is 20.3. The Balaban J connectivity index is 1.64. The van der Waals surface area contributed by atoms with E-state index in [1.54, 1.807) is 11.8 Å². The van der Waals surface area contributed by atoms with Crippen LogP contribution in [0.5, 0.6) is 0 Å². The van der Waals surface area contributed by atoms with Crippen LogP contribution in [-0.2, 0) is 17.6 Å². The minimum absolute atomic E-state index is 0.0966. The molecule has 1 aromatic carbocycles. The van der Waals surface area contributed by atoms with Crippen LogP contribution < -0.4 is 5.32 Å². The highest BCUT2D eigenvalue weighted by Crippen LogP contribution is 2.34. The summed E-state index contributed by atoms with van der Waals surface area (Å²) in [7, 11) is 1.97. The second kappa shape index (κ2) is 8.99. The highest BCUT2D eigenvalue weighted by Gasteiger charge is 2.20. The highest BCUT2D eigenvalue weighted by molar-refractivity contribution is 8.00. The van der Waals surface area contributed by atoms with Crippen molar-refractivity contribution < 1.29 is 4.74 Å². The lowest BCUT2D eigenvalue weighted by molar-refractivity contribution is -0.0442. The Morgan fingerprint density at radius 2 is 2.07 bits per heavy atom. The first-order chi connectivity index (χ1) is 12.8. The van der Waals surface area contributed by atoms with E-state index in [4.69, 9.17) is 21.4 Å². The second-order valence-electron chi connectivity index (χ2n) is 8.34. The van der Waals surface area contributed by atoms with E-state index in [9.17, 15) is 0 Å². The smallest absolute Gasteiger partial charge is 0.164 e. The molecule has 2 aliphatic heterocycles. The Hall–Kier alpha value is -1.01. The molecule has 2 aliphatic rings. The van der Waals surface area contributed by atoms with E-state index in [0.717, 1.165) is 42.4 Å². The minimum atomic E-state index is -0.0966. The fraction of sp³-hybridized carbons (Fsp3) is 0.571. The van der Waals surface area contributed by atoms with Gasteiger partial charge in [0.05, 0.1) is 17.3 Å². The lowest BCUT2D eigenvalue weighted by atomic mass is 9.99. The molecule has 0 aliphatic carbocycles. The molecule has 0 saturated heterocycles. The molecule has 0 aromatic heterocycles. The number of nitrogens with zero attached hydrogens (tertiary/aromatic N) is 2. The average Bonchev–Trinajstić information content (AvgIpc) is 2.85. The number of hydrogen-bond acceptors (Lipinski definition) is 5. The van der Waals surface area contributed by atoms with E-state index in [-0.39, 0.29) is 11.6 Å². The number of thioether (sulfide) groups is 1. The molecular formula is C21H30ClN3OS. The van der Waals surface area contributed by atoms with Crippen LogP contribution in [0, 0.1) is 5.41 Å². The zero-order valence-electron chi connectivity index (χ0n) is 16.7. The fourth-order valence-corrected chi connectivity index (χ4v) is 4.60. The van der Waals surface area contributed by atoms with Crippen LogP contribution in [0.3, 0.4) is 0 Å². The van der Waals surface area contributed by atoms with Gasteiger partial charge in [-0.2, -0.15) is 5.10 Å². The molecule has 0 radical (unpaired) electrons. The largest absolute Gasteiger partial charge is 0.353 e. The summed E-state index contributed by atoms with van der Waals surface area (Å²) in [5, 5.41) is 10.9. The Morgan fingerprint density at radius 1 is 1.30 bits per heavy atom. The van der Waals surface area contributed by atoms with Crippen LogP contribution in [-0.4, -0.2) is 49.4 Å². The van der Waals surface area contributed by atoms with E-state index in [2.05, 4.69) is 44.3 Å². The third-order valence-corrected chi connectivity index (χ3v) is 6.21. The van der Waals surface area contributed by atoms with Crippen molar-refractivity contribution in [3.05, 3.63) is 40.4 Å². The summed E-state index contributed by atoms with van der Waals surface area (Å²) in [4.78, 5) is 1.21. The standard InChI is InChI=1S/C21H30ClN3OS/c1-21(2,3)14-26-19-8-6-16(24-25(19)4)13-27-20-17-10-12-23-11-9-15(17)5-7-18(20)22/h5-8,19,23H,9-14H2,1-4H3. The van der Waals surface area contributed by atoms with Gasteiger partial charge < -0.3 is 10.1 Å². The van der Waals surface area contributed by atoms with Gasteiger partial charge in [-0.1, -0.05) is 38.4 Å². The van der Waals surface area contributed by atoms with Crippen molar-refractivity contribution in [1.29, 1.82) is 0 Å². The third kappa shape index (κ3) is 5.74. The van der Waals surface area contributed by atoms with E-state index in [1.807, 2.05) is 18.1 Å². The maximum atomic E-state index is 6.54. The maximum absolute atomic E-state index is 6.54. The summed E-state index contributed by atoms with van der Waals surface area (Å²) >= 11 is 8.33. The quantitative estimate of drug-likeness (QED) is 0.735. The van der Waals surface area contributed by atoms with E-state index in [0.29, 0.717) is 6.61 Å². The molecule has 0 fully saturated rings. The van der Waals surface area contributed by atoms with Gasteiger partial charge in [0.25, 0.3) is 0 Å². The number of likely N-dealkylation sites (N-methyl/N-ethyl adjacent to an activating group) is 1. The van der Waals surface area contributed by atoms with Gasteiger partial charge in [-0.15, -0.1) is 11.8 Å². The molecule has 0 amide bonds. The summed E-state index contributed by atoms with van der Waals surface area (Å²) < 4.78 is 5.98. The van der Waals surface area contributed by atoms with Gasteiger partial charge in [0.1, 0.15) is 0 Å². The Labute approximate surface area is 172 Å². The molecule has 27 heavy (non-hydrogen) atoms. The van der Waals surface area contributed by atoms with E-state index < -0.39 is 0 Å². The predicted molar refractivity (Wildman–Crippen MR) is 116 cm³/mol. The molecule has 0 spiro atoms. The lowest BCUT2D eigenvalue weighted by Gasteiger charge is -2.29. The SMILES string of the molecule is CN1N=C(CSc2c(Cl)ccc3c2CCNCC3)C=CC1OCC(C)(C)C. The third-order valence-electron chi connectivity index (χ3n) is 4.59. The molecule has 148 valence electrons. The van der Waals surface area contributed by atoms with Crippen molar-refractivity contribution in [3.63, 3.8) is 0 Å². The molecule has 4 nitrogen and oxygen atoms in total. The number of allylic oxidation sites excluding steroid dienone is 1. The summed E-state index contributed by atoms with van der Waals surface area (Å²) in [5.74, 6) is 0.802. The molecule has 1 N–H and O–H groups in total. The zero-order valence-corrected chi connectivity index (χ0v) is 18.3. The van der Waals surface area contributed by atoms with Crippen molar-refractivity contribution >= 4 is 29.1 Å². The molecule has 1 unspecified atom stereocenters. The van der Waals surface area contributed by atoms with Gasteiger partial charge in [0, 0.05) is 17.7 Å². The average molecular weight is 408 g/mol. The van der Waals surface area contributed by atoms with Gasteiger partial charge >= 0.3 is 0 Å². The molecule has 6 heteroatoms. The first-order valence-corrected chi connectivity index (χ1v) is 10.9. The Morgan fingerprint density at radius 3 is 2.81 bits per heavy atom. The topological polar surface area (TPSA) is 36.9 Å². The van der Waals surface area contributed by atoms with Crippen LogP contribution in [0.15, 0.2) is 34.3 Å². The molecule has 1 aromatic rings. The van der Waals surface area contributed by atoms with Crippen molar-refractivity contribution in [2.45, 2.75) is 44.7 Å². The first-order valence-electron chi connectivity index (χ1n) is 9.57. The fourth-order valence-electron chi connectivity index (χ4n) is 3.20. The van der Waals surface area contributed by atoms with E-state index in [1.165, 1.54) is 16.0 Å². The van der Waals surface area contributed by atoms with E-state index >= 15 is 0 Å². The minimum Gasteiger partial charge on any atom is -0.353 e. The summed E-state index contributed by atoms with van der Waals surface area (Å²) in [6, 6.07) is 4.22. The van der Waals surface area contributed by atoms with Crippen molar-refractivity contribution in [2.75, 3.05) is 32.5 Å². The number of hydrazone groups is 1. The molecule has 2 heterocycles. The number of hydrogen-bond donors (Lipinski definition) is 1. The molecular weight excluding hydrogens is 378 g/mol. The summed E-state index contributed by atoms with van der Waals surface area (Å²) in [6.07, 6.45) is 6.17. The van der Waals surface area contributed by atoms with Gasteiger partial charge in [-0.05, 0) is 60.7 Å². The monoisotopic (exact) mass is 407 g/mol. The summed E-state index contributed by atoms with van der Waals surface area (Å²) in [5.41, 5.74) is 4.00. The molecule has 1 atom stereocenters. The number of benzene rings is 1. The predicted octanol–water partition coefficient (Wildman–Crippen LogP) is 4.37. The van der Waals surface area contributed by atoms with Gasteiger partial charge in [0.15, 0.2) is 6.23 Å². The Bertz CT molecular complexity index is 727. The van der Waals surface area contributed by atoms with Crippen molar-refractivity contribution in [2.24, 2.45) is 10.5 Å². The van der Waals surface area contributed by atoms with Gasteiger partial charge in [-0.25, -0.2) is 0 Å². The lowest BCUT2D eigenvalue weighted by Crippen LogP contribution is -2.34. The van der Waals surface area contributed by atoms with Gasteiger partial charge in [-0.3, -0.25) is 5.01 Å². The van der Waals surface area contributed by atoms with Crippen molar-refractivity contribution in [1.82, 2.24) is 10.3 Å². The zero-order chi connectivity index (χ0) is 19.4. The summed E-state index contributed by atoms with van der Waals surface area (Å²) in [6.45, 7) is 9.27. The highest BCUT2D eigenvalue weighted by atomic mass is 35.5. The van der Waals surface area contributed by atoms with Crippen LogP contribution in [0.1, 0.15) is 31.9 Å². The number of rotatable bonds is 5. The number of nitrogens with one attached hydrogen (secondary N) is 1. The molecule has 3 rings (SSSR count). The second-order valence-corrected chi connectivity index (χ2v) is 9.73.